The molecular formula is C15H25NO3. The molecule has 1 aliphatic rings. The average molecular weight is 267 g/mol. The minimum Gasteiger partial charge on any atom is -0.396 e. The highest BCUT2D eigenvalue weighted by Crippen LogP contribution is 2.30. The summed E-state index contributed by atoms with van der Waals surface area (Å²) in [7, 11) is 0. The maximum absolute atomic E-state index is 9.84. The van der Waals surface area contributed by atoms with E-state index in [0.717, 1.165) is 31.3 Å². The van der Waals surface area contributed by atoms with Gasteiger partial charge in [0.05, 0.1) is 24.4 Å². The van der Waals surface area contributed by atoms with Crippen LogP contribution in [0.2, 0.25) is 0 Å². The molecule has 0 spiro atoms. The van der Waals surface area contributed by atoms with Crippen molar-refractivity contribution in [2.75, 3.05) is 6.61 Å². The SMILES string of the molecule is C=C1CC(CCCO)OC1CCC(O)C[C@@H](C)C#N. The third-order valence-corrected chi connectivity index (χ3v) is 3.59. The molecule has 1 aliphatic heterocycles. The van der Waals surface area contributed by atoms with Crippen molar-refractivity contribution < 1.29 is 14.9 Å². The molecule has 19 heavy (non-hydrogen) atoms. The molecule has 0 aromatic rings. The third kappa shape index (κ3) is 5.73. The van der Waals surface area contributed by atoms with Gasteiger partial charge in [0.1, 0.15) is 0 Å². The molecule has 3 unspecified atom stereocenters. The molecule has 4 atom stereocenters. The molecule has 0 saturated carbocycles. The highest BCUT2D eigenvalue weighted by Gasteiger charge is 2.28. The predicted octanol–water partition coefficient (Wildman–Crippen LogP) is 2.16. The van der Waals surface area contributed by atoms with Crippen LogP contribution in [0.3, 0.4) is 0 Å². The van der Waals surface area contributed by atoms with Crippen molar-refractivity contribution >= 4 is 0 Å². The lowest BCUT2D eigenvalue weighted by atomic mass is 9.98. The Balaban J connectivity index is 2.26. The van der Waals surface area contributed by atoms with Crippen molar-refractivity contribution in [3.05, 3.63) is 12.2 Å². The summed E-state index contributed by atoms with van der Waals surface area (Å²) in [5.41, 5.74) is 1.09. The van der Waals surface area contributed by atoms with E-state index in [1.165, 1.54) is 0 Å². The van der Waals surface area contributed by atoms with Gasteiger partial charge in [-0.25, -0.2) is 0 Å². The Morgan fingerprint density at radius 1 is 1.53 bits per heavy atom. The lowest BCUT2D eigenvalue weighted by Gasteiger charge is -2.16. The number of ether oxygens (including phenoxy) is 1. The third-order valence-electron chi connectivity index (χ3n) is 3.59. The molecule has 0 aromatic heterocycles. The molecule has 1 rings (SSSR count). The molecule has 2 N–H and O–H groups in total. The number of nitrogens with zero attached hydrogens (tertiary/aromatic N) is 1. The molecule has 1 saturated heterocycles. The van der Waals surface area contributed by atoms with Gasteiger partial charge in [-0.2, -0.15) is 5.26 Å². The van der Waals surface area contributed by atoms with E-state index in [2.05, 4.69) is 12.6 Å². The van der Waals surface area contributed by atoms with E-state index in [1.807, 2.05) is 6.92 Å². The Bertz CT molecular complexity index is 324. The summed E-state index contributed by atoms with van der Waals surface area (Å²) in [5, 5.41) is 27.3. The van der Waals surface area contributed by atoms with Gasteiger partial charge in [0.2, 0.25) is 0 Å². The van der Waals surface area contributed by atoms with Crippen molar-refractivity contribution in [2.45, 2.75) is 63.8 Å². The monoisotopic (exact) mass is 267 g/mol. The van der Waals surface area contributed by atoms with Gasteiger partial charge in [0, 0.05) is 12.5 Å². The van der Waals surface area contributed by atoms with Gasteiger partial charge in [-0.05, 0) is 51.0 Å². The zero-order chi connectivity index (χ0) is 14.3. The van der Waals surface area contributed by atoms with Gasteiger partial charge in [0.25, 0.3) is 0 Å². The summed E-state index contributed by atoms with van der Waals surface area (Å²) in [6, 6.07) is 2.13. The topological polar surface area (TPSA) is 73.5 Å². The van der Waals surface area contributed by atoms with Crippen LogP contribution in [0.4, 0.5) is 0 Å². The Morgan fingerprint density at radius 2 is 2.26 bits per heavy atom. The highest BCUT2D eigenvalue weighted by atomic mass is 16.5. The lowest BCUT2D eigenvalue weighted by Crippen LogP contribution is -2.17. The van der Waals surface area contributed by atoms with Crippen LogP contribution in [-0.4, -0.2) is 35.1 Å². The molecule has 1 heterocycles. The first-order chi connectivity index (χ1) is 9.06. The Morgan fingerprint density at radius 3 is 2.89 bits per heavy atom. The summed E-state index contributed by atoms with van der Waals surface area (Å²) < 4.78 is 5.87. The number of nitriles is 1. The molecule has 0 aromatic carbocycles. The van der Waals surface area contributed by atoms with E-state index < -0.39 is 6.10 Å². The van der Waals surface area contributed by atoms with Crippen LogP contribution < -0.4 is 0 Å². The van der Waals surface area contributed by atoms with Crippen molar-refractivity contribution in [3.8, 4) is 6.07 Å². The second-order valence-corrected chi connectivity index (χ2v) is 5.47. The molecule has 0 aliphatic carbocycles. The van der Waals surface area contributed by atoms with Gasteiger partial charge in [-0.1, -0.05) is 6.58 Å². The Labute approximate surface area is 115 Å². The molecule has 4 nitrogen and oxygen atoms in total. The van der Waals surface area contributed by atoms with Gasteiger partial charge < -0.3 is 14.9 Å². The molecular weight excluding hydrogens is 242 g/mol. The molecule has 0 amide bonds. The van der Waals surface area contributed by atoms with Crippen LogP contribution in [0.25, 0.3) is 0 Å². The van der Waals surface area contributed by atoms with Gasteiger partial charge in [0.15, 0.2) is 0 Å². The van der Waals surface area contributed by atoms with Crippen LogP contribution in [-0.2, 0) is 4.74 Å². The standard InChI is InChI=1S/C15H25NO3/c1-11(10-16)8-13(18)5-6-15-12(2)9-14(19-15)4-3-7-17/h11,13-15,17-18H,2-9H2,1H3/t11-,13?,14?,15?/m1/s1. The minimum atomic E-state index is -0.442. The van der Waals surface area contributed by atoms with Crippen molar-refractivity contribution in [2.24, 2.45) is 5.92 Å². The fourth-order valence-electron chi connectivity index (χ4n) is 2.48. The summed E-state index contributed by atoms with van der Waals surface area (Å²) in [6.45, 7) is 6.04. The highest BCUT2D eigenvalue weighted by molar-refractivity contribution is 5.09. The fraction of sp³-hybridized carbons (Fsp3) is 0.800. The van der Waals surface area contributed by atoms with Crippen LogP contribution >= 0.6 is 0 Å². The molecule has 0 bridgehead atoms. The Hall–Kier alpha value is -0.890. The largest absolute Gasteiger partial charge is 0.396 e. The molecule has 0 radical (unpaired) electrons. The van der Waals surface area contributed by atoms with E-state index >= 15 is 0 Å². The second-order valence-electron chi connectivity index (χ2n) is 5.47. The van der Waals surface area contributed by atoms with Crippen LogP contribution in [0.15, 0.2) is 12.2 Å². The minimum absolute atomic E-state index is 0.0238. The number of hydrogen-bond donors (Lipinski definition) is 2. The molecule has 1 fully saturated rings. The van der Waals surface area contributed by atoms with E-state index in [9.17, 15) is 5.11 Å². The molecule has 4 heteroatoms. The van der Waals surface area contributed by atoms with Crippen LogP contribution in [0.5, 0.6) is 0 Å². The van der Waals surface area contributed by atoms with Crippen LogP contribution in [0, 0.1) is 17.2 Å². The van der Waals surface area contributed by atoms with Gasteiger partial charge in [-0.3, -0.25) is 0 Å². The van der Waals surface area contributed by atoms with E-state index in [4.69, 9.17) is 15.1 Å². The normalized spacial score (nSPS) is 26.1. The second kappa shape index (κ2) is 8.31. The quantitative estimate of drug-likeness (QED) is 0.661. The molecule has 108 valence electrons. The van der Waals surface area contributed by atoms with Gasteiger partial charge >= 0.3 is 0 Å². The number of hydrogen-bond acceptors (Lipinski definition) is 4. The maximum Gasteiger partial charge on any atom is 0.0788 e. The number of rotatable bonds is 8. The first-order valence-corrected chi connectivity index (χ1v) is 7.08. The van der Waals surface area contributed by atoms with Crippen molar-refractivity contribution in [3.63, 3.8) is 0 Å². The van der Waals surface area contributed by atoms with E-state index in [0.29, 0.717) is 12.8 Å². The Kier molecular flexibility index (Phi) is 7.07. The number of aliphatic hydroxyl groups is 2. The summed E-state index contributed by atoms with van der Waals surface area (Å²) in [5.74, 6) is -0.111. The summed E-state index contributed by atoms with van der Waals surface area (Å²) >= 11 is 0. The average Bonchev–Trinajstić information content (AvgIpc) is 2.74. The smallest absolute Gasteiger partial charge is 0.0788 e. The maximum atomic E-state index is 9.84. The predicted molar refractivity (Wildman–Crippen MR) is 73.4 cm³/mol. The summed E-state index contributed by atoms with van der Waals surface area (Å²) in [4.78, 5) is 0. The van der Waals surface area contributed by atoms with Crippen molar-refractivity contribution in [1.82, 2.24) is 0 Å². The van der Waals surface area contributed by atoms with Gasteiger partial charge in [-0.15, -0.1) is 0 Å². The van der Waals surface area contributed by atoms with E-state index in [-0.39, 0.29) is 24.7 Å². The first-order valence-electron chi connectivity index (χ1n) is 7.08. The van der Waals surface area contributed by atoms with Crippen molar-refractivity contribution in [1.29, 1.82) is 5.26 Å². The first kappa shape index (κ1) is 16.2. The fourth-order valence-corrected chi connectivity index (χ4v) is 2.48. The lowest BCUT2D eigenvalue weighted by molar-refractivity contribution is 0.0293. The van der Waals surface area contributed by atoms with E-state index in [1.54, 1.807) is 0 Å². The zero-order valence-electron chi connectivity index (χ0n) is 11.7. The number of aliphatic hydroxyl groups excluding tert-OH is 2. The summed E-state index contributed by atoms with van der Waals surface area (Å²) in [6.07, 6.45) is 4.14. The zero-order valence-corrected chi connectivity index (χ0v) is 11.7. The van der Waals surface area contributed by atoms with Crippen LogP contribution in [0.1, 0.15) is 45.4 Å².